The van der Waals surface area contributed by atoms with E-state index < -0.39 is 28.6 Å². The van der Waals surface area contributed by atoms with Gasteiger partial charge in [0.05, 0.1) is 71.7 Å². The Labute approximate surface area is 851 Å². The minimum atomic E-state index is -2.34. The first kappa shape index (κ1) is 89.9. The summed E-state index contributed by atoms with van der Waals surface area (Å²) in [6, 6.07) is 149. The van der Waals surface area contributed by atoms with E-state index in [4.69, 9.17) is 19.9 Å². The fourth-order valence-electron chi connectivity index (χ4n) is 22.6. The van der Waals surface area contributed by atoms with Gasteiger partial charge in [0.25, 0.3) is 0 Å². The van der Waals surface area contributed by atoms with Crippen molar-refractivity contribution < 1.29 is 18.3 Å². The highest BCUT2D eigenvalue weighted by molar-refractivity contribution is 7.71. The Morgan fingerprint density at radius 2 is 0.439 bits per heavy atom. The molecule has 0 spiro atoms. The molecule has 30 aromatic rings. The fraction of sp³-hybridized carbons (Fsp3) is 0.0611. The highest BCUT2D eigenvalue weighted by atomic mass is 31.2. The number of hydrogen-bond acceptors (Lipinski definition) is 9. The molecular formula is C131H95N9O4P4. The van der Waals surface area contributed by atoms with Gasteiger partial charge in [-0.25, -0.2) is 19.9 Å². The summed E-state index contributed by atoms with van der Waals surface area (Å²) in [4.78, 5) is 25.1. The van der Waals surface area contributed by atoms with E-state index in [1.54, 1.807) is 0 Å². The molecule has 0 fully saturated rings. The monoisotopic (exact) mass is 1980 g/mol. The minimum Gasteiger partial charge on any atom is -0.319 e. The lowest BCUT2D eigenvalue weighted by Gasteiger charge is -2.14. The lowest BCUT2D eigenvalue weighted by Crippen LogP contribution is -2.01. The van der Waals surface area contributed by atoms with Crippen LogP contribution in [0.25, 0.3) is 263 Å². The van der Waals surface area contributed by atoms with Crippen LogP contribution < -0.4 is 21.2 Å². The summed E-state index contributed by atoms with van der Waals surface area (Å²) in [6.45, 7) is 14.6. The van der Waals surface area contributed by atoms with E-state index in [1.807, 2.05) is 114 Å². The first-order valence-corrected chi connectivity index (χ1v) is 60.2. The third-order valence-corrected chi connectivity index (χ3v) is 36.2. The van der Waals surface area contributed by atoms with Gasteiger partial charge in [-0.15, -0.1) is 0 Å². The van der Waals surface area contributed by atoms with Gasteiger partial charge in [-0.2, -0.15) is 0 Å². The quantitative estimate of drug-likeness (QED) is 0.107. The van der Waals surface area contributed by atoms with Gasteiger partial charge in [-0.1, -0.05) is 309 Å². The van der Waals surface area contributed by atoms with Crippen molar-refractivity contribution in [1.29, 1.82) is 0 Å². The first-order chi connectivity index (χ1) is 71.9. The number of hydrogen-bond donors (Lipinski definition) is 0. The van der Waals surface area contributed by atoms with Crippen LogP contribution in [0.3, 0.4) is 0 Å². The van der Waals surface area contributed by atoms with Crippen LogP contribution in [0.4, 0.5) is 0 Å². The SMILES string of the molecule is CP(C)(=O)c1ccc(-c2ccc3c4ccc5ccccc5c4c4nc5ccccc5n4c3c2)cc1.CP(C)(=O)c1ccc(-c2ccc3c4ccc5ncccc5c4c4nc5ccccc5n4c3c2)cc1.CP(C)(=O)c1ccc2ccc(-c3ccc4c5c6ccccc6ccc5c5nc6ccccc6n5c4c3)cc2c1.CP(C)(=O)c1ccc2ccc(-c3ccc4c5ccc6ccccc6c5c5nc6ccccc6n5c4c3)cc2c1. The van der Waals surface area contributed by atoms with E-state index in [1.165, 1.54) is 86.2 Å². The number of aromatic nitrogens is 9. The zero-order valence-corrected chi connectivity index (χ0v) is 86.0. The summed E-state index contributed by atoms with van der Waals surface area (Å²) in [5.41, 5.74) is 26.7. The van der Waals surface area contributed by atoms with Crippen molar-refractivity contribution in [1.82, 2.24) is 42.5 Å². The molecule has 0 N–H and O–H groups in total. The van der Waals surface area contributed by atoms with Crippen molar-refractivity contribution in [2.45, 2.75) is 0 Å². The van der Waals surface area contributed by atoms with Crippen LogP contribution in [0.5, 0.6) is 0 Å². The zero-order chi connectivity index (χ0) is 100. The highest BCUT2D eigenvalue weighted by Gasteiger charge is 2.26. The van der Waals surface area contributed by atoms with Crippen LogP contribution in [-0.4, -0.2) is 95.8 Å². The molecule has 0 unspecified atom stereocenters. The number of rotatable bonds is 8. The van der Waals surface area contributed by atoms with Crippen LogP contribution in [0.15, 0.2) is 431 Å². The Morgan fingerprint density at radius 1 is 0.169 bits per heavy atom. The minimum absolute atomic E-state index is 0.900. The Hall–Kier alpha value is -16.9. The maximum Gasteiger partial charge on any atom is 0.147 e. The van der Waals surface area contributed by atoms with Gasteiger partial charge in [0.1, 0.15) is 51.2 Å². The van der Waals surface area contributed by atoms with Crippen molar-refractivity contribution in [2.24, 2.45) is 0 Å². The average Bonchev–Trinajstić information content (AvgIpc) is 1.51. The number of pyridine rings is 5. The molecule has 0 aliphatic rings. The summed E-state index contributed by atoms with van der Waals surface area (Å²) in [5.74, 6) is 0. The topological polar surface area (TPSA) is 150 Å². The lowest BCUT2D eigenvalue weighted by atomic mass is 9.96. The number of nitrogens with zero attached hydrogens (tertiary/aromatic N) is 9. The van der Waals surface area contributed by atoms with Gasteiger partial charge in [0.2, 0.25) is 0 Å². The summed E-state index contributed by atoms with van der Waals surface area (Å²) in [5, 5.41) is 30.9. The number of para-hydroxylation sites is 8. The molecule has 17 heteroatoms. The Balaban J connectivity index is 0.0000000975. The predicted octanol–water partition coefficient (Wildman–Crippen LogP) is 33.1. The van der Waals surface area contributed by atoms with E-state index in [-0.39, 0.29) is 0 Å². The van der Waals surface area contributed by atoms with E-state index >= 15 is 0 Å². The van der Waals surface area contributed by atoms with Gasteiger partial charge in [-0.05, 0) is 283 Å². The smallest absolute Gasteiger partial charge is 0.147 e. The molecule has 0 atom stereocenters. The van der Waals surface area contributed by atoms with Crippen molar-refractivity contribution >= 4 is 268 Å². The second kappa shape index (κ2) is 34.4. The Bertz CT molecular complexity index is 10900. The summed E-state index contributed by atoms with van der Waals surface area (Å²) < 4.78 is 59.7. The molecule has 0 aliphatic carbocycles. The van der Waals surface area contributed by atoms with Crippen molar-refractivity contribution in [3.05, 3.63) is 431 Å². The van der Waals surface area contributed by atoms with Crippen LogP contribution in [0.2, 0.25) is 0 Å². The molecule has 708 valence electrons. The van der Waals surface area contributed by atoms with Crippen LogP contribution >= 0.6 is 28.6 Å². The van der Waals surface area contributed by atoms with Crippen molar-refractivity contribution in [3.8, 4) is 44.5 Å². The molecule has 0 saturated heterocycles. The maximum atomic E-state index is 12.8. The third-order valence-electron chi connectivity index (χ3n) is 30.0. The number of fused-ring (bicyclic) bond motifs is 42. The zero-order valence-electron chi connectivity index (χ0n) is 82.4. The van der Waals surface area contributed by atoms with Crippen LogP contribution in [-0.2, 0) is 18.3 Å². The summed E-state index contributed by atoms with van der Waals surface area (Å²) >= 11 is 0. The Morgan fingerprint density at radius 3 is 0.838 bits per heavy atom. The molecule has 21 aromatic carbocycles. The van der Waals surface area contributed by atoms with E-state index in [2.05, 4.69) is 393 Å². The molecule has 0 bridgehead atoms. The van der Waals surface area contributed by atoms with E-state index in [0.717, 1.165) is 198 Å². The molecule has 13 nitrogen and oxygen atoms in total. The van der Waals surface area contributed by atoms with Crippen LogP contribution in [0.1, 0.15) is 0 Å². The van der Waals surface area contributed by atoms with Gasteiger partial charge in [-0.3, -0.25) is 22.6 Å². The molecule has 9 aromatic heterocycles. The van der Waals surface area contributed by atoms with Crippen LogP contribution in [0, 0.1) is 0 Å². The normalized spacial score (nSPS) is 12.4. The molecule has 0 radical (unpaired) electrons. The van der Waals surface area contributed by atoms with Gasteiger partial charge in [0, 0.05) is 81.3 Å². The second-order valence-electron chi connectivity index (χ2n) is 40.6. The largest absolute Gasteiger partial charge is 0.319 e. The molecule has 0 aliphatic heterocycles. The number of imidazole rings is 4. The standard InChI is InChI=1S/2C35H25N2OP.C31H23N2OP.C30H22N3OP/c1-39(2,38)27-16-13-22-11-12-24(19-26(22)20-27)25-15-17-29-33(21-25)37-32-10-6-5-9-31(32)36-35(37)30-18-14-23-7-3-4-8-28(23)34(29)30;1-39(2,38)27-16-13-22-11-12-24(19-26(22)20-27)25-15-17-29-30-18-14-23-7-3-4-8-28(23)34(30)35-36-31-9-5-6-10-32(31)37(35)33(29)21-25;1-35(2,34)23-15-11-20(12-16-23)22-14-17-25-26-18-13-21-7-3-4-8-24(21)30(26)31-32-27-9-5-6-10-28(27)33(31)29(25)19-22;1-35(2,34)21-12-9-19(10-13-21)20-11-14-22-23-15-16-25-24(6-5-17-31-25)29(23)30-32-26-7-3-4-8-27(26)33(30)28(22)18-20/h2*3-21H,1-2H3;3-19H,1-2H3;3-18H,1-2H3. The molecule has 0 saturated carbocycles. The molecule has 9 heterocycles. The highest BCUT2D eigenvalue weighted by Crippen LogP contribution is 2.48. The predicted molar refractivity (Wildman–Crippen MR) is 632 cm³/mol. The molecular weight excluding hydrogens is 1890 g/mol. The molecule has 148 heavy (non-hydrogen) atoms. The van der Waals surface area contributed by atoms with Crippen molar-refractivity contribution in [3.63, 3.8) is 0 Å². The molecule has 30 rings (SSSR count). The van der Waals surface area contributed by atoms with Gasteiger partial charge in [0.15, 0.2) is 0 Å². The maximum absolute atomic E-state index is 12.8. The number of benzene rings is 21. The fourth-order valence-corrected chi connectivity index (χ4v) is 26.1. The summed E-state index contributed by atoms with van der Waals surface area (Å²) in [7, 11) is -9.24. The first-order valence-electron chi connectivity index (χ1n) is 49.8. The lowest BCUT2D eigenvalue weighted by molar-refractivity contribution is 0.587. The third kappa shape index (κ3) is 15.1. The van der Waals surface area contributed by atoms with E-state index in [0.29, 0.717) is 0 Å². The summed E-state index contributed by atoms with van der Waals surface area (Å²) in [6.07, 6.45) is 1.84. The second-order valence-corrected chi connectivity index (χ2v) is 53.5. The van der Waals surface area contributed by atoms with Crippen molar-refractivity contribution in [2.75, 3.05) is 53.3 Å². The van der Waals surface area contributed by atoms with Gasteiger partial charge < -0.3 is 18.3 Å². The average molecular weight is 1980 g/mol. The Kier molecular flexibility index (Phi) is 20.9. The van der Waals surface area contributed by atoms with E-state index in [9.17, 15) is 18.3 Å². The van der Waals surface area contributed by atoms with Gasteiger partial charge >= 0.3 is 0 Å². The molecule has 0 amide bonds.